The fraction of sp³-hybridized carbons (Fsp3) is 0.312. The van der Waals surface area contributed by atoms with E-state index in [9.17, 15) is 33.9 Å². The van der Waals surface area contributed by atoms with E-state index in [-0.39, 0.29) is 6.42 Å². The average Bonchev–Trinajstić information content (AvgIpc) is 3.01. The zero-order chi connectivity index (χ0) is 31.4. The van der Waals surface area contributed by atoms with Gasteiger partial charge in [0.2, 0.25) is 11.8 Å². The molecule has 4 N–H and O–H groups in total. The lowest BCUT2D eigenvalue weighted by Crippen LogP contribution is -2.55. The van der Waals surface area contributed by atoms with Gasteiger partial charge in [0.1, 0.15) is 18.6 Å². The molecule has 12 nitrogen and oxygen atoms in total. The van der Waals surface area contributed by atoms with Crippen molar-refractivity contribution in [1.29, 1.82) is 0 Å². The minimum Gasteiger partial charge on any atom is -0.481 e. The van der Waals surface area contributed by atoms with Gasteiger partial charge in [0, 0.05) is 47.1 Å². The third-order valence-corrected chi connectivity index (χ3v) is 7.89. The number of imide groups is 1. The second kappa shape index (κ2) is 12.9. The number of carboxylic acids is 2. The summed E-state index contributed by atoms with van der Waals surface area (Å²) in [5, 5.41) is 24.4. The molecule has 1 saturated heterocycles. The van der Waals surface area contributed by atoms with Gasteiger partial charge in [-0.15, -0.1) is 0 Å². The Balaban J connectivity index is 1.37. The first-order valence-corrected chi connectivity index (χ1v) is 14.4. The third kappa shape index (κ3) is 6.38. The Kier molecular flexibility index (Phi) is 8.88. The van der Waals surface area contributed by atoms with Crippen molar-refractivity contribution in [2.45, 2.75) is 44.2 Å². The summed E-state index contributed by atoms with van der Waals surface area (Å²) in [6.07, 6.45) is 2.35. The predicted octanol–water partition coefficient (Wildman–Crippen LogP) is 2.20. The summed E-state index contributed by atoms with van der Waals surface area (Å²) < 4.78 is 0. The smallest absolute Gasteiger partial charge is 0.326 e. The fourth-order valence-corrected chi connectivity index (χ4v) is 5.77. The standard InChI is InChI=1S/C32H32N4O8/c37-26(33-23(16-19-8-3-1-4-9-19)29(40)34-24(32(43)44)17-27(38)39)18-36-30(41)21-11-7-10-20-25(35-14-5-2-6-15-35)13-12-22(28(20)21)31(36)42/h1,3-4,7-13,23-24H,2,5-6,14-18H2,(H,33,37)(H,34,40)(H,38,39)(H,43,44)/t23-,24-/m0/s1. The number of benzene rings is 3. The second-order valence-corrected chi connectivity index (χ2v) is 10.9. The molecule has 0 aromatic heterocycles. The monoisotopic (exact) mass is 600 g/mol. The summed E-state index contributed by atoms with van der Waals surface area (Å²) in [4.78, 5) is 79.3. The maximum atomic E-state index is 13.6. The number of rotatable bonds is 11. The Labute approximate surface area is 252 Å². The summed E-state index contributed by atoms with van der Waals surface area (Å²) in [6.45, 7) is 1.08. The molecule has 2 atom stereocenters. The summed E-state index contributed by atoms with van der Waals surface area (Å²) in [5.41, 5.74) is 2.17. The molecule has 1 fully saturated rings. The van der Waals surface area contributed by atoms with Crippen LogP contribution in [-0.2, 0) is 25.6 Å². The maximum absolute atomic E-state index is 13.6. The van der Waals surface area contributed by atoms with Crippen LogP contribution >= 0.6 is 0 Å². The van der Waals surface area contributed by atoms with Gasteiger partial charge in [-0.1, -0.05) is 42.5 Å². The third-order valence-electron chi connectivity index (χ3n) is 7.89. The molecule has 12 heteroatoms. The van der Waals surface area contributed by atoms with Crippen molar-refractivity contribution in [3.05, 3.63) is 77.4 Å². The minimum absolute atomic E-state index is 0.0544. The number of hydrogen-bond acceptors (Lipinski definition) is 7. The van der Waals surface area contributed by atoms with Gasteiger partial charge in [-0.05, 0) is 43.0 Å². The Hall–Kier alpha value is -5.26. The largest absolute Gasteiger partial charge is 0.481 e. The van der Waals surface area contributed by atoms with Gasteiger partial charge < -0.3 is 25.7 Å². The molecule has 0 radical (unpaired) electrons. The molecule has 0 saturated carbocycles. The molecule has 0 bridgehead atoms. The quantitative estimate of drug-likeness (QED) is 0.241. The Morgan fingerprint density at radius 1 is 0.773 bits per heavy atom. The number of carboxylic acid groups (broad SMARTS) is 2. The number of aliphatic carboxylic acids is 2. The SMILES string of the molecule is O=C(O)C[C@H](NC(=O)[C@H](Cc1ccccc1)NC(=O)CN1C(=O)c2cccc3c(N4CCCCC4)ccc(c23)C1=O)C(=O)O. The molecule has 2 heterocycles. The number of carbonyl (C=O) groups is 6. The van der Waals surface area contributed by atoms with Crippen LogP contribution < -0.4 is 15.5 Å². The summed E-state index contributed by atoms with van der Waals surface area (Å²) >= 11 is 0. The van der Waals surface area contributed by atoms with E-state index >= 15 is 0 Å². The average molecular weight is 601 g/mol. The zero-order valence-electron chi connectivity index (χ0n) is 23.8. The molecule has 228 valence electrons. The molecule has 0 unspecified atom stereocenters. The number of piperidine rings is 1. The maximum Gasteiger partial charge on any atom is 0.326 e. The minimum atomic E-state index is -1.73. The van der Waals surface area contributed by atoms with E-state index in [4.69, 9.17) is 5.11 Å². The molecule has 4 amide bonds. The normalized spacial score (nSPS) is 15.9. The van der Waals surface area contributed by atoms with Crippen LogP contribution in [0.5, 0.6) is 0 Å². The van der Waals surface area contributed by atoms with Crippen molar-refractivity contribution in [3.8, 4) is 0 Å². The van der Waals surface area contributed by atoms with Crippen LogP contribution in [0.2, 0.25) is 0 Å². The van der Waals surface area contributed by atoms with E-state index in [2.05, 4.69) is 15.5 Å². The van der Waals surface area contributed by atoms with Crippen LogP contribution in [0, 0.1) is 0 Å². The number of amides is 4. The van der Waals surface area contributed by atoms with E-state index in [1.165, 1.54) is 0 Å². The lowest BCUT2D eigenvalue weighted by atomic mass is 9.92. The topological polar surface area (TPSA) is 173 Å². The van der Waals surface area contributed by atoms with Gasteiger partial charge in [0.05, 0.1) is 6.42 Å². The van der Waals surface area contributed by atoms with Crippen molar-refractivity contribution in [3.63, 3.8) is 0 Å². The van der Waals surface area contributed by atoms with E-state index in [1.54, 1.807) is 48.5 Å². The van der Waals surface area contributed by atoms with Crippen LogP contribution in [0.4, 0.5) is 5.69 Å². The summed E-state index contributed by atoms with van der Waals surface area (Å²) in [6, 6.07) is 14.3. The molecule has 0 aliphatic carbocycles. The highest BCUT2D eigenvalue weighted by Crippen LogP contribution is 2.36. The second-order valence-electron chi connectivity index (χ2n) is 10.9. The molecular formula is C32H32N4O8. The highest BCUT2D eigenvalue weighted by molar-refractivity contribution is 6.27. The summed E-state index contributed by atoms with van der Waals surface area (Å²) in [7, 11) is 0. The lowest BCUT2D eigenvalue weighted by molar-refractivity contribution is -0.147. The molecule has 44 heavy (non-hydrogen) atoms. The van der Waals surface area contributed by atoms with Gasteiger partial charge in [-0.25, -0.2) is 4.79 Å². The number of nitrogens with one attached hydrogen (secondary N) is 2. The van der Waals surface area contributed by atoms with Crippen molar-refractivity contribution in [1.82, 2.24) is 15.5 Å². The highest BCUT2D eigenvalue weighted by atomic mass is 16.4. The first kappa shape index (κ1) is 30.2. The first-order chi connectivity index (χ1) is 21.1. The molecule has 0 spiro atoms. The molecule has 5 rings (SSSR count). The number of nitrogens with zero attached hydrogens (tertiary/aromatic N) is 2. The van der Waals surface area contributed by atoms with Crippen LogP contribution in [0.3, 0.4) is 0 Å². The Morgan fingerprint density at radius 3 is 2.11 bits per heavy atom. The fourth-order valence-electron chi connectivity index (χ4n) is 5.77. The van der Waals surface area contributed by atoms with Crippen LogP contribution in [-0.4, -0.2) is 82.4 Å². The van der Waals surface area contributed by atoms with Crippen molar-refractivity contribution < 1.29 is 39.0 Å². The Morgan fingerprint density at radius 2 is 1.45 bits per heavy atom. The van der Waals surface area contributed by atoms with Crippen molar-refractivity contribution in [2.24, 2.45) is 0 Å². The molecular weight excluding hydrogens is 568 g/mol. The van der Waals surface area contributed by atoms with Gasteiger partial charge in [0.25, 0.3) is 11.8 Å². The highest BCUT2D eigenvalue weighted by Gasteiger charge is 2.36. The molecule has 2 aliphatic rings. The van der Waals surface area contributed by atoms with Crippen LogP contribution in [0.25, 0.3) is 10.8 Å². The summed E-state index contributed by atoms with van der Waals surface area (Å²) in [5.74, 6) is -6.01. The molecule has 3 aromatic rings. The van der Waals surface area contributed by atoms with E-state index in [0.717, 1.165) is 48.3 Å². The van der Waals surface area contributed by atoms with E-state index in [1.807, 2.05) is 12.1 Å². The van der Waals surface area contributed by atoms with E-state index < -0.39 is 60.6 Å². The van der Waals surface area contributed by atoms with Crippen molar-refractivity contribution in [2.75, 3.05) is 24.5 Å². The van der Waals surface area contributed by atoms with Gasteiger partial charge in [0.15, 0.2) is 0 Å². The zero-order valence-corrected chi connectivity index (χ0v) is 23.8. The number of anilines is 1. The number of carbonyl (C=O) groups excluding carboxylic acids is 4. The Bertz CT molecular complexity index is 1610. The molecule has 2 aliphatic heterocycles. The lowest BCUT2D eigenvalue weighted by Gasteiger charge is -2.32. The predicted molar refractivity (Wildman–Crippen MR) is 159 cm³/mol. The van der Waals surface area contributed by atoms with Crippen LogP contribution in [0.1, 0.15) is 52.0 Å². The van der Waals surface area contributed by atoms with Gasteiger partial charge in [-0.3, -0.25) is 28.9 Å². The first-order valence-electron chi connectivity index (χ1n) is 14.4. The van der Waals surface area contributed by atoms with Gasteiger partial charge in [-0.2, -0.15) is 0 Å². The number of hydrogen-bond donors (Lipinski definition) is 4. The van der Waals surface area contributed by atoms with Crippen LogP contribution in [0.15, 0.2) is 60.7 Å². The van der Waals surface area contributed by atoms with Crippen molar-refractivity contribution >= 4 is 52.0 Å². The van der Waals surface area contributed by atoms with E-state index in [0.29, 0.717) is 22.1 Å². The van der Waals surface area contributed by atoms with Gasteiger partial charge >= 0.3 is 11.9 Å². The molecule has 3 aromatic carbocycles.